The molecule has 1 aromatic carbocycles. The van der Waals surface area contributed by atoms with Crippen LogP contribution in [0, 0.1) is 27.7 Å². The van der Waals surface area contributed by atoms with E-state index in [1.54, 1.807) is 13.0 Å². The Kier molecular flexibility index (Phi) is 4.47. The van der Waals surface area contributed by atoms with E-state index in [2.05, 4.69) is 15.5 Å². The van der Waals surface area contributed by atoms with Gasteiger partial charge < -0.3 is 14.3 Å². The van der Waals surface area contributed by atoms with E-state index in [0.29, 0.717) is 34.6 Å². The van der Waals surface area contributed by atoms with Gasteiger partial charge in [0.2, 0.25) is 0 Å². The fourth-order valence-corrected chi connectivity index (χ4v) is 3.38. The van der Waals surface area contributed by atoms with Crippen molar-refractivity contribution in [3.05, 3.63) is 70.3 Å². The largest absolute Gasteiger partial charge is 0.466 e. The summed E-state index contributed by atoms with van der Waals surface area (Å²) in [6.07, 6.45) is 0. The maximum atomic E-state index is 13.0. The molecule has 0 unspecified atom stereocenters. The molecular weight excluding hydrogens is 354 g/mol. The van der Waals surface area contributed by atoms with Gasteiger partial charge in [0.05, 0.1) is 22.3 Å². The number of carbonyl (C=O) groups excluding carboxylic acids is 1. The third kappa shape index (κ3) is 3.17. The lowest BCUT2D eigenvalue weighted by Crippen LogP contribution is -2.23. The van der Waals surface area contributed by atoms with Crippen molar-refractivity contribution in [3.63, 3.8) is 0 Å². The molecule has 3 heterocycles. The van der Waals surface area contributed by atoms with Crippen LogP contribution in [0.4, 0.5) is 0 Å². The molecule has 0 saturated heterocycles. The van der Waals surface area contributed by atoms with Crippen molar-refractivity contribution >= 4 is 17.0 Å². The molecule has 6 heteroatoms. The second kappa shape index (κ2) is 6.96. The van der Waals surface area contributed by atoms with Gasteiger partial charge in [-0.05, 0) is 51.0 Å². The summed E-state index contributed by atoms with van der Waals surface area (Å²) in [6.45, 7) is 8.02. The predicted molar refractivity (Wildman–Crippen MR) is 106 cm³/mol. The van der Waals surface area contributed by atoms with Crippen molar-refractivity contribution in [3.8, 4) is 11.3 Å². The summed E-state index contributed by atoms with van der Waals surface area (Å²) in [6, 6.07) is 11.7. The summed E-state index contributed by atoms with van der Waals surface area (Å²) in [4.78, 5) is 17.6. The first-order chi connectivity index (χ1) is 13.4. The van der Waals surface area contributed by atoms with Gasteiger partial charge in [0.15, 0.2) is 0 Å². The van der Waals surface area contributed by atoms with Gasteiger partial charge in [-0.15, -0.1) is 0 Å². The number of pyridine rings is 1. The lowest BCUT2D eigenvalue weighted by molar-refractivity contribution is 0.0952. The van der Waals surface area contributed by atoms with E-state index < -0.39 is 0 Å². The topological polar surface area (TPSA) is 81.2 Å². The van der Waals surface area contributed by atoms with Crippen LogP contribution in [0.3, 0.4) is 0 Å². The number of amides is 1. The lowest BCUT2D eigenvalue weighted by Gasteiger charge is -2.09. The van der Waals surface area contributed by atoms with Crippen LogP contribution in [0.25, 0.3) is 22.4 Å². The first-order valence-electron chi connectivity index (χ1n) is 9.11. The Morgan fingerprint density at radius 1 is 1.11 bits per heavy atom. The van der Waals surface area contributed by atoms with Crippen LogP contribution in [0.15, 0.2) is 45.3 Å². The van der Waals surface area contributed by atoms with Crippen molar-refractivity contribution in [1.29, 1.82) is 0 Å². The van der Waals surface area contributed by atoms with Crippen molar-refractivity contribution in [2.75, 3.05) is 0 Å². The SMILES string of the molecule is Cc1cc(-c2cc(C(=O)NCc3ccccc3C)c3c(C)noc3n2)c(C)o1. The molecule has 3 aromatic heterocycles. The van der Waals surface area contributed by atoms with Gasteiger partial charge in [-0.2, -0.15) is 0 Å². The minimum Gasteiger partial charge on any atom is -0.466 e. The summed E-state index contributed by atoms with van der Waals surface area (Å²) in [5.41, 5.74) is 5.13. The Bertz CT molecular complexity index is 1190. The number of furan rings is 1. The number of nitrogens with one attached hydrogen (secondary N) is 1. The zero-order chi connectivity index (χ0) is 19.8. The molecule has 0 spiro atoms. The third-order valence-corrected chi connectivity index (χ3v) is 4.88. The van der Waals surface area contributed by atoms with Crippen LogP contribution in [-0.4, -0.2) is 16.0 Å². The van der Waals surface area contributed by atoms with E-state index in [4.69, 9.17) is 8.94 Å². The quantitative estimate of drug-likeness (QED) is 0.562. The number of nitrogens with zero attached hydrogens (tertiary/aromatic N) is 2. The standard InChI is InChI=1S/C22H21N3O3/c1-12-7-5-6-8-16(12)11-23-21(26)18-10-19(17-9-13(2)27-15(17)4)24-22-20(18)14(3)25-28-22/h5-10H,11H2,1-4H3,(H,23,26). The van der Waals surface area contributed by atoms with Crippen LogP contribution in [0.5, 0.6) is 0 Å². The minimum absolute atomic E-state index is 0.193. The normalized spacial score (nSPS) is 11.1. The number of hydrogen-bond donors (Lipinski definition) is 1. The maximum absolute atomic E-state index is 13.0. The third-order valence-electron chi connectivity index (χ3n) is 4.88. The average molecular weight is 375 g/mol. The van der Waals surface area contributed by atoms with Gasteiger partial charge >= 0.3 is 0 Å². The number of hydrogen-bond acceptors (Lipinski definition) is 5. The van der Waals surface area contributed by atoms with Crippen LogP contribution in [-0.2, 0) is 6.54 Å². The molecule has 4 rings (SSSR count). The van der Waals surface area contributed by atoms with Gasteiger partial charge in [-0.3, -0.25) is 4.79 Å². The van der Waals surface area contributed by atoms with E-state index in [1.807, 2.05) is 51.1 Å². The number of benzene rings is 1. The zero-order valence-electron chi connectivity index (χ0n) is 16.3. The molecule has 6 nitrogen and oxygen atoms in total. The fourth-order valence-electron chi connectivity index (χ4n) is 3.38. The molecule has 142 valence electrons. The first kappa shape index (κ1) is 18.0. The fraction of sp³-hybridized carbons (Fsp3) is 0.227. The molecule has 0 atom stereocenters. The molecule has 1 N–H and O–H groups in total. The summed E-state index contributed by atoms with van der Waals surface area (Å²) < 4.78 is 11.0. The highest BCUT2D eigenvalue weighted by molar-refractivity contribution is 6.07. The monoisotopic (exact) mass is 375 g/mol. The highest BCUT2D eigenvalue weighted by Crippen LogP contribution is 2.30. The molecule has 0 aliphatic rings. The van der Waals surface area contributed by atoms with Crippen molar-refractivity contribution in [2.45, 2.75) is 34.2 Å². The number of rotatable bonds is 4. The molecule has 0 saturated carbocycles. The van der Waals surface area contributed by atoms with Gasteiger partial charge in [-0.1, -0.05) is 29.4 Å². The number of aromatic nitrogens is 2. The van der Waals surface area contributed by atoms with E-state index in [-0.39, 0.29) is 5.91 Å². The first-order valence-corrected chi connectivity index (χ1v) is 9.11. The second-order valence-electron chi connectivity index (χ2n) is 6.94. The van der Waals surface area contributed by atoms with Crippen LogP contribution >= 0.6 is 0 Å². The van der Waals surface area contributed by atoms with E-state index in [1.165, 1.54) is 0 Å². The highest BCUT2D eigenvalue weighted by atomic mass is 16.5. The molecule has 1 amide bonds. The molecular formula is C22H21N3O3. The molecule has 4 aromatic rings. The Hall–Kier alpha value is -3.41. The van der Waals surface area contributed by atoms with Crippen LogP contribution in [0.2, 0.25) is 0 Å². The molecule has 0 radical (unpaired) electrons. The highest BCUT2D eigenvalue weighted by Gasteiger charge is 2.21. The summed E-state index contributed by atoms with van der Waals surface area (Å²) in [5, 5.41) is 7.63. The van der Waals surface area contributed by atoms with Gasteiger partial charge in [0, 0.05) is 12.1 Å². The van der Waals surface area contributed by atoms with Crippen molar-refractivity contribution < 1.29 is 13.7 Å². The molecule has 0 fully saturated rings. The van der Waals surface area contributed by atoms with Crippen molar-refractivity contribution in [2.24, 2.45) is 0 Å². The molecule has 0 bridgehead atoms. The smallest absolute Gasteiger partial charge is 0.259 e. The Labute approximate surface area is 162 Å². The number of fused-ring (bicyclic) bond motifs is 1. The zero-order valence-corrected chi connectivity index (χ0v) is 16.3. The number of carbonyl (C=O) groups is 1. The summed E-state index contributed by atoms with van der Waals surface area (Å²) >= 11 is 0. The van der Waals surface area contributed by atoms with Crippen molar-refractivity contribution in [1.82, 2.24) is 15.5 Å². The maximum Gasteiger partial charge on any atom is 0.259 e. The van der Waals surface area contributed by atoms with Crippen LogP contribution in [0.1, 0.15) is 38.7 Å². The minimum atomic E-state index is -0.193. The van der Waals surface area contributed by atoms with Crippen LogP contribution < -0.4 is 5.32 Å². The molecule has 0 aliphatic heterocycles. The Morgan fingerprint density at radius 3 is 2.61 bits per heavy atom. The lowest BCUT2D eigenvalue weighted by atomic mass is 10.0. The summed E-state index contributed by atoms with van der Waals surface area (Å²) in [5.74, 6) is 1.33. The predicted octanol–water partition coefficient (Wildman–Crippen LogP) is 4.65. The van der Waals surface area contributed by atoms with E-state index >= 15 is 0 Å². The van der Waals surface area contributed by atoms with Gasteiger partial charge in [0.25, 0.3) is 11.6 Å². The van der Waals surface area contributed by atoms with E-state index in [9.17, 15) is 4.79 Å². The molecule has 28 heavy (non-hydrogen) atoms. The van der Waals surface area contributed by atoms with Gasteiger partial charge in [-0.25, -0.2) is 4.98 Å². The van der Waals surface area contributed by atoms with E-state index in [0.717, 1.165) is 28.2 Å². The molecule has 0 aliphatic carbocycles. The van der Waals surface area contributed by atoms with Gasteiger partial charge in [0.1, 0.15) is 11.5 Å². The Balaban J connectivity index is 1.74. The Morgan fingerprint density at radius 2 is 1.89 bits per heavy atom. The number of aryl methyl sites for hydroxylation is 4. The second-order valence-corrected chi connectivity index (χ2v) is 6.94. The summed E-state index contributed by atoms with van der Waals surface area (Å²) in [7, 11) is 0. The average Bonchev–Trinajstić information content (AvgIpc) is 3.21.